The van der Waals surface area contributed by atoms with Crippen LogP contribution in [0.15, 0.2) is 24.3 Å². The molecule has 1 N–H and O–H groups in total. The average Bonchev–Trinajstić information content (AvgIpc) is 3.37. The predicted octanol–water partition coefficient (Wildman–Crippen LogP) is 2.22. The van der Waals surface area contributed by atoms with Gasteiger partial charge in [-0.2, -0.15) is 0 Å². The minimum atomic E-state index is -1.56. The number of carbonyl (C=O) groups excluding carboxylic acids is 4. The van der Waals surface area contributed by atoms with Gasteiger partial charge in [-0.1, -0.05) is 38.8 Å². The Bertz CT molecular complexity index is 908. The lowest BCUT2D eigenvalue weighted by atomic mass is 9.95. The second-order valence-corrected chi connectivity index (χ2v) is 9.00. The first-order chi connectivity index (χ1) is 14.8. The van der Waals surface area contributed by atoms with E-state index in [0.29, 0.717) is 17.8 Å². The molecule has 0 aromatic heterocycles. The Hall–Kier alpha value is -2.90. The number of amides is 3. The lowest BCUT2D eigenvalue weighted by Crippen LogP contribution is -2.69. The minimum absolute atomic E-state index is 0.0714. The van der Waals surface area contributed by atoms with Gasteiger partial charge in [0.2, 0.25) is 11.6 Å². The molecule has 1 saturated carbocycles. The van der Waals surface area contributed by atoms with E-state index in [1.807, 2.05) is 13.8 Å². The van der Waals surface area contributed by atoms with Crippen molar-refractivity contribution in [2.45, 2.75) is 64.1 Å². The van der Waals surface area contributed by atoms with Gasteiger partial charge in [0.05, 0.1) is 11.3 Å². The van der Waals surface area contributed by atoms with Crippen molar-refractivity contribution in [1.29, 1.82) is 0 Å². The van der Waals surface area contributed by atoms with Gasteiger partial charge in [-0.25, -0.2) is 4.79 Å². The van der Waals surface area contributed by atoms with E-state index in [1.165, 1.54) is 9.80 Å². The molecule has 1 aromatic rings. The van der Waals surface area contributed by atoms with Crippen molar-refractivity contribution < 1.29 is 23.9 Å². The zero-order valence-electron chi connectivity index (χ0n) is 18.1. The monoisotopic (exact) mass is 427 g/mol. The number of ether oxygens (including phenoxy) is 1. The zero-order chi connectivity index (χ0) is 22.2. The molecule has 4 rings (SSSR count). The molecular formula is C23H29N3O5. The fourth-order valence-electron chi connectivity index (χ4n) is 4.95. The first-order valence-electron chi connectivity index (χ1n) is 11.0. The summed E-state index contributed by atoms with van der Waals surface area (Å²) in [6.45, 7) is 3.76. The molecule has 0 bridgehead atoms. The lowest BCUT2D eigenvalue weighted by Gasteiger charge is -2.48. The van der Waals surface area contributed by atoms with E-state index in [-0.39, 0.29) is 42.5 Å². The van der Waals surface area contributed by atoms with E-state index < -0.39 is 18.2 Å². The number of fused-ring (bicyclic) bond motifs is 3. The number of para-hydroxylation sites is 1. The van der Waals surface area contributed by atoms with Crippen LogP contribution in [0.25, 0.3) is 0 Å². The Kier molecular flexibility index (Phi) is 5.73. The third kappa shape index (κ3) is 3.68. The van der Waals surface area contributed by atoms with Gasteiger partial charge in [-0.05, 0) is 30.9 Å². The molecule has 2 aliphatic heterocycles. The van der Waals surface area contributed by atoms with E-state index in [1.54, 1.807) is 24.3 Å². The standard InChI is InChI=1S/C23H29N3O5/c1-15(2)13-25-21(29)17-9-5-6-10-18(17)26-20(28)11-12-23(25,26)22(30)31-14-19(27)24-16-7-3-4-8-16/h5-6,9-10,15-16H,3-4,7-8,11-14H2,1-2H3,(H,24,27)/t23-/m1/s1. The summed E-state index contributed by atoms with van der Waals surface area (Å²) in [5.41, 5.74) is -0.747. The molecule has 2 fully saturated rings. The molecule has 8 nitrogen and oxygen atoms in total. The van der Waals surface area contributed by atoms with Gasteiger partial charge in [-0.3, -0.25) is 19.3 Å². The molecule has 1 atom stereocenters. The van der Waals surface area contributed by atoms with E-state index in [2.05, 4.69) is 5.32 Å². The van der Waals surface area contributed by atoms with Crippen LogP contribution in [0, 0.1) is 5.92 Å². The second kappa shape index (κ2) is 8.32. The highest BCUT2D eigenvalue weighted by atomic mass is 16.5. The van der Waals surface area contributed by atoms with Crippen LogP contribution in [-0.2, 0) is 19.1 Å². The van der Waals surface area contributed by atoms with Crippen LogP contribution in [-0.4, -0.2) is 53.4 Å². The Labute approximate surface area is 181 Å². The van der Waals surface area contributed by atoms with E-state index >= 15 is 0 Å². The molecule has 8 heteroatoms. The topological polar surface area (TPSA) is 96.0 Å². The van der Waals surface area contributed by atoms with Crippen LogP contribution in [0.3, 0.4) is 0 Å². The van der Waals surface area contributed by atoms with Gasteiger partial charge >= 0.3 is 5.97 Å². The number of hydrogen-bond donors (Lipinski definition) is 1. The number of nitrogens with one attached hydrogen (secondary N) is 1. The number of rotatable bonds is 6. The molecule has 0 unspecified atom stereocenters. The number of esters is 1. The van der Waals surface area contributed by atoms with Crippen LogP contribution in [0.4, 0.5) is 5.69 Å². The summed E-state index contributed by atoms with van der Waals surface area (Å²) in [6, 6.07) is 6.94. The maximum Gasteiger partial charge on any atom is 0.354 e. The van der Waals surface area contributed by atoms with Gasteiger partial charge in [0.15, 0.2) is 6.61 Å². The predicted molar refractivity (Wildman–Crippen MR) is 113 cm³/mol. The number of hydrogen-bond acceptors (Lipinski definition) is 5. The highest BCUT2D eigenvalue weighted by molar-refractivity contribution is 6.15. The van der Waals surface area contributed by atoms with E-state index in [4.69, 9.17) is 4.74 Å². The first-order valence-corrected chi connectivity index (χ1v) is 11.0. The third-order valence-corrected chi connectivity index (χ3v) is 6.30. The molecular weight excluding hydrogens is 398 g/mol. The Balaban J connectivity index is 1.63. The van der Waals surface area contributed by atoms with Crippen molar-refractivity contribution in [2.24, 2.45) is 5.92 Å². The third-order valence-electron chi connectivity index (χ3n) is 6.30. The lowest BCUT2D eigenvalue weighted by molar-refractivity contribution is -0.160. The van der Waals surface area contributed by atoms with Gasteiger partial charge < -0.3 is 15.0 Å². The fourth-order valence-corrected chi connectivity index (χ4v) is 4.95. The summed E-state index contributed by atoms with van der Waals surface area (Å²) in [6.07, 6.45) is 4.28. The number of benzene rings is 1. The summed E-state index contributed by atoms with van der Waals surface area (Å²) >= 11 is 0. The summed E-state index contributed by atoms with van der Waals surface area (Å²) in [4.78, 5) is 54.9. The van der Waals surface area contributed by atoms with Crippen molar-refractivity contribution in [1.82, 2.24) is 10.2 Å². The summed E-state index contributed by atoms with van der Waals surface area (Å²) in [5, 5.41) is 2.89. The molecule has 0 spiro atoms. The SMILES string of the molecule is CC(C)CN1C(=O)c2ccccc2N2C(=O)CC[C@@]12C(=O)OCC(=O)NC1CCCC1. The molecule has 31 heavy (non-hydrogen) atoms. The molecule has 1 aromatic carbocycles. The largest absolute Gasteiger partial charge is 0.452 e. The van der Waals surface area contributed by atoms with Gasteiger partial charge in [0.1, 0.15) is 0 Å². The number of anilines is 1. The molecule has 0 radical (unpaired) electrons. The highest BCUT2D eigenvalue weighted by Crippen LogP contribution is 2.45. The quantitative estimate of drug-likeness (QED) is 0.703. The van der Waals surface area contributed by atoms with Crippen molar-refractivity contribution >= 4 is 29.4 Å². The average molecular weight is 428 g/mol. The zero-order valence-corrected chi connectivity index (χ0v) is 18.1. The summed E-state index contributed by atoms with van der Waals surface area (Å²) < 4.78 is 5.44. The van der Waals surface area contributed by atoms with Gasteiger partial charge in [-0.15, -0.1) is 0 Å². The van der Waals surface area contributed by atoms with Gasteiger partial charge in [0.25, 0.3) is 11.8 Å². The minimum Gasteiger partial charge on any atom is -0.452 e. The second-order valence-electron chi connectivity index (χ2n) is 9.00. The van der Waals surface area contributed by atoms with Crippen LogP contribution in [0.2, 0.25) is 0 Å². The van der Waals surface area contributed by atoms with Crippen LogP contribution in [0.1, 0.15) is 62.7 Å². The maximum absolute atomic E-state index is 13.4. The van der Waals surface area contributed by atoms with Crippen LogP contribution in [0.5, 0.6) is 0 Å². The van der Waals surface area contributed by atoms with Crippen molar-refractivity contribution in [3.63, 3.8) is 0 Å². The van der Waals surface area contributed by atoms with Gasteiger partial charge in [0, 0.05) is 25.4 Å². The van der Waals surface area contributed by atoms with E-state index in [0.717, 1.165) is 25.7 Å². The molecule has 2 heterocycles. The van der Waals surface area contributed by atoms with E-state index in [9.17, 15) is 19.2 Å². The summed E-state index contributed by atoms with van der Waals surface area (Å²) in [5.74, 6) is -1.56. The Morgan fingerprint density at radius 1 is 1.19 bits per heavy atom. The number of nitrogens with zero attached hydrogens (tertiary/aromatic N) is 2. The van der Waals surface area contributed by atoms with Crippen molar-refractivity contribution in [3.05, 3.63) is 29.8 Å². The Morgan fingerprint density at radius 3 is 2.61 bits per heavy atom. The molecule has 3 amide bonds. The molecule has 166 valence electrons. The summed E-state index contributed by atoms with van der Waals surface area (Å²) in [7, 11) is 0. The van der Waals surface area contributed by atoms with Crippen LogP contribution >= 0.6 is 0 Å². The van der Waals surface area contributed by atoms with Crippen LogP contribution < -0.4 is 10.2 Å². The smallest absolute Gasteiger partial charge is 0.354 e. The normalized spacial score (nSPS) is 23.2. The van der Waals surface area contributed by atoms with Crippen molar-refractivity contribution in [2.75, 3.05) is 18.1 Å². The molecule has 3 aliphatic rings. The van der Waals surface area contributed by atoms with Crippen molar-refractivity contribution in [3.8, 4) is 0 Å². The first kappa shape index (κ1) is 21.3. The number of carbonyl (C=O) groups is 4. The molecule has 1 saturated heterocycles. The molecule has 1 aliphatic carbocycles. The Morgan fingerprint density at radius 2 is 1.90 bits per heavy atom. The maximum atomic E-state index is 13.4. The fraction of sp³-hybridized carbons (Fsp3) is 0.565. The highest BCUT2D eigenvalue weighted by Gasteiger charge is 2.62.